The Hall–Kier alpha value is -2.53. The van der Waals surface area contributed by atoms with Crippen molar-refractivity contribution >= 4 is 11.9 Å². The lowest BCUT2D eigenvalue weighted by molar-refractivity contribution is -0.147. The summed E-state index contributed by atoms with van der Waals surface area (Å²) in [6.45, 7) is 0. The van der Waals surface area contributed by atoms with Crippen molar-refractivity contribution in [2.45, 2.75) is 12.4 Å². The zero-order chi connectivity index (χ0) is 18.9. The van der Waals surface area contributed by atoms with Gasteiger partial charge < -0.3 is 14.2 Å². The van der Waals surface area contributed by atoms with Gasteiger partial charge in [-0.15, -0.1) is 0 Å². The number of ether oxygens (including phenoxy) is 3. The van der Waals surface area contributed by atoms with E-state index in [-0.39, 0.29) is 0 Å². The van der Waals surface area contributed by atoms with Crippen LogP contribution in [0.3, 0.4) is 0 Å². The first-order valence-electron chi connectivity index (χ1n) is 5.83. The number of methoxy groups -OCH3 is 3. The summed E-state index contributed by atoms with van der Waals surface area (Å²) in [5.74, 6) is -4.96. The molecule has 1 aromatic rings. The monoisotopic (exact) mass is 361 g/mol. The predicted molar refractivity (Wildman–Crippen MR) is 63.5 cm³/mol. The number of carbonyl (C=O) groups is 2. The van der Waals surface area contributed by atoms with Gasteiger partial charge >= 0.3 is 24.3 Å². The predicted octanol–water partition coefficient (Wildman–Crippen LogP) is 2.70. The molecule has 0 aliphatic rings. The maximum Gasteiger partial charge on any atom is 0.434 e. The maximum absolute atomic E-state index is 13.3. The lowest BCUT2D eigenvalue weighted by atomic mass is 9.99. The first kappa shape index (κ1) is 19.5. The molecule has 0 spiro atoms. The van der Waals surface area contributed by atoms with Crippen LogP contribution in [0.4, 0.5) is 26.3 Å². The van der Waals surface area contributed by atoms with Crippen LogP contribution in [0.15, 0.2) is 0 Å². The molecular formula is C12H9F6NO5. The van der Waals surface area contributed by atoms with Gasteiger partial charge in [-0.25, -0.2) is 14.6 Å². The summed E-state index contributed by atoms with van der Waals surface area (Å²) in [4.78, 5) is 26.0. The quantitative estimate of drug-likeness (QED) is 0.609. The van der Waals surface area contributed by atoms with Crippen LogP contribution in [0.1, 0.15) is 32.0 Å². The summed E-state index contributed by atoms with van der Waals surface area (Å²) < 4.78 is 91.5. The number of nitrogens with zero attached hydrogens (tertiary/aromatic N) is 1. The molecule has 1 rings (SSSR count). The van der Waals surface area contributed by atoms with Crippen molar-refractivity contribution in [1.82, 2.24) is 4.98 Å². The molecule has 0 bridgehead atoms. The summed E-state index contributed by atoms with van der Waals surface area (Å²) in [5.41, 5.74) is -7.84. The lowest BCUT2D eigenvalue weighted by Gasteiger charge is -2.20. The third kappa shape index (κ3) is 3.51. The highest BCUT2D eigenvalue weighted by molar-refractivity contribution is 6.00. The summed E-state index contributed by atoms with van der Waals surface area (Å²) in [6, 6.07) is 0. The van der Waals surface area contributed by atoms with Gasteiger partial charge in [-0.05, 0) is 0 Å². The Labute approximate surface area is 130 Å². The van der Waals surface area contributed by atoms with E-state index in [2.05, 4.69) is 19.2 Å². The zero-order valence-electron chi connectivity index (χ0n) is 12.3. The molecule has 6 nitrogen and oxygen atoms in total. The van der Waals surface area contributed by atoms with Crippen LogP contribution >= 0.6 is 0 Å². The van der Waals surface area contributed by atoms with E-state index >= 15 is 0 Å². The van der Waals surface area contributed by atoms with Crippen molar-refractivity contribution in [3.8, 4) is 5.88 Å². The number of alkyl halides is 6. The molecule has 0 fully saturated rings. The number of hydrogen-bond donors (Lipinski definition) is 0. The van der Waals surface area contributed by atoms with Crippen LogP contribution in [0.2, 0.25) is 0 Å². The zero-order valence-corrected chi connectivity index (χ0v) is 12.3. The topological polar surface area (TPSA) is 74.7 Å². The molecule has 24 heavy (non-hydrogen) atoms. The van der Waals surface area contributed by atoms with Gasteiger partial charge in [0.1, 0.15) is 11.1 Å². The molecule has 0 atom stereocenters. The highest BCUT2D eigenvalue weighted by atomic mass is 19.4. The van der Waals surface area contributed by atoms with E-state index in [1.807, 2.05) is 0 Å². The first-order chi connectivity index (χ1) is 10.9. The van der Waals surface area contributed by atoms with E-state index in [1.54, 1.807) is 0 Å². The summed E-state index contributed by atoms with van der Waals surface area (Å²) in [7, 11) is 1.97. The normalized spacial score (nSPS) is 11.9. The molecule has 0 amide bonds. The van der Waals surface area contributed by atoms with Gasteiger partial charge in [-0.2, -0.15) is 26.3 Å². The molecule has 12 heteroatoms. The first-order valence-corrected chi connectivity index (χ1v) is 5.83. The highest BCUT2D eigenvalue weighted by Crippen LogP contribution is 2.43. The van der Waals surface area contributed by atoms with E-state index in [1.165, 1.54) is 0 Å². The van der Waals surface area contributed by atoms with Gasteiger partial charge in [0, 0.05) is 0 Å². The van der Waals surface area contributed by atoms with Crippen LogP contribution in [0, 0.1) is 0 Å². The molecule has 0 N–H and O–H groups in total. The van der Waals surface area contributed by atoms with E-state index < -0.39 is 52.6 Å². The number of halogens is 6. The summed E-state index contributed by atoms with van der Waals surface area (Å²) in [5, 5.41) is 0. The number of pyridine rings is 1. The fourth-order valence-corrected chi connectivity index (χ4v) is 1.79. The molecule has 0 aliphatic carbocycles. The van der Waals surface area contributed by atoms with Crippen LogP contribution in [-0.2, 0) is 21.8 Å². The minimum Gasteiger partial charge on any atom is -0.480 e. The van der Waals surface area contributed by atoms with Gasteiger partial charge in [-0.3, -0.25) is 0 Å². The fourth-order valence-electron chi connectivity index (χ4n) is 1.79. The molecule has 0 saturated heterocycles. The van der Waals surface area contributed by atoms with Crippen LogP contribution in [0.25, 0.3) is 0 Å². The Morgan fingerprint density at radius 1 is 0.833 bits per heavy atom. The van der Waals surface area contributed by atoms with Gasteiger partial charge in [0.05, 0.1) is 26.9 Å². The second kappa shape index (κ2) is 6.53. The molecule has 0 aromatic carbocycles. The minimum absolute atomic E-state index is 0.574. The average Bonchev–Trinajstić information content (AvgIpc) is 2.49. The van der Waals surface area contributed by atoms with Crippen molar-refractivity contribution in [1.29, 1.82) is 0 Å². The Morgan fingerprint density at radius 2 is 1.29 bits per heavy atom. The fraction of sp³-hybridized carbons (Fsp3) is 0.417. The van der Waals surface area contributed by atoms with E-state index in [4.69, 9.17) is 0 Å². The Balaban J connectivity index is 4.14. The number of esters is 2. The molecule has 0 aliphatic heterocycles. The van der Waals surface area contributed by atoms with Crippen molar-refractivity contribution in [2.24, 2.45) is 0 Å². The average molecular weight is 361 g/mol. The second-order valence-corrected chi connectivity index (χ2v) is 4.07. The smallest absolute Gasteiger partial charge is 0.434 e. The number of carbonyl (C=O) groups excluding carboxylic acids is 2. The van der Waals surface area contributed by atoms with Crippen LogP contribution < -0.4 is 4.74 Å². The number of hydrogen-bond acceptors (Lipinski definition) is 6. The van der Waals surface area contributed by atoms with E-state index in [0.29, 0.717) is 21.3 Å². The van der Waals surface area contributed by atoms with Crippen LogP contribution in [-0.4, -0.2) is 38.3 Å². The summed E-state index contributed by atoms with van der Waals surface area (Å²) in [6.07, 6.45) is -11.0. The van der Waals surface area contributed by atoms with Crippen LogP contribution in [0.5, 0.6) is 5.88 Å². The second-order valence-electron chi connectivity index (χ2n) is 4.07. The van der Waals surface area contributed by atoms with Gasteiger partial charge in [0.15, 0.2) is 5.69 Å². The number of aromatic nitrogens is 1. The molecule has 0 saturated carbocycles. The largest absolute Gasteiger partial charge is 0.480 e. The standard InChI is InChI=1S/C12H9F6NO5/c1-22-8-5(10(21)24-3)6(11(13,14)15)4(9(20)23-2)7(19-8)12(16,17)18/h1-3H3. The highest BCUT2D eigenvalue weighted by Gasteiger charge is 2.49. The molecule has 1 heterocycles. The van der Waals surface area contributed by atoms with Gasteiger partial charge in [0.2, 0.25) is 5.88 Å². The van der Waals surface area contributed by atoms with E-state index in [9.17, 15) is 35.9 Å². The number of rotatable bonds is 3. The molecule has 134 valence electrons. The Morgan fingerprint density at radius 3 is 1.62 bits per heavy atom. The van der Waals surface area contributed by atoms with Crippen molar-refractivity contribution in [3.63, 3.8) is 0 Å². The maximum atomic E-state index is 13.3. The van der Waals surface area contributed by atoms with Crippen molar-refractivity contribution in [3.05, 3.63) is 22.4 Å². The molecule has 0 radical (unpaired) electrons. The third-order valence-electron chi connectivity index (χ3n) is 2.69. The Kier molecular flexibility index (Phi) is 5.31. The van der Waals surface area contributed by atoms with Gasteiger partial charge in [0.25, 0.3) is 0 Å². The molecule has 0 unspecified atom stereocenters. The lowest BCUT2D eigenvalue weighted by Crippen LogP contribution is -2.27. The summed E-state index contributed by atoms with van der Waals surface area (Å²) >= 11 is 0. The Bertz CT molecular complexity index is 667. The van der Waals surface area contributed by atoms with Gasteiger partial charge in [-0.1, -0.05) is 0 Å². The third-order valence-corrected chi connectivity index (χ3v) is 2.69. The van der Waals surface area contributed by atoms with Crippen molar-refractivity contribution < 1.29 is 50.1 Å². The van der Waals surface area contributed by atoms with E-state index in [0.717, 1.165) is 0 Å². The molecule has 1 aromatic heterocycles. The minimum atomic E-state index is -5.54. The SMILES string of the molecule is COC(=O)c1c(OC)nc(C(F)(F)F)c(C(=O)OC)c1C(F)(F)F. The van der Waals surface area contributed by atoms with Crippen molar-refractivity contribution in [2.75, 3.05) is 21.3 Å². The molecular weight excluding hydrogens is 352 g/mol.